The summed E-state index contributed by atoms with van der Waals surface area (Å²) < 4.78 is 10.1. The molecule has 0 rings (SSSR count). The molecule has 0 fully saturated rings. The fourth-order valence-corrected chi connectivity index (χ4v) is 1.02. The number of hydrogen-bond acceptors (Lipinski definition) is 4. The van der Waals surface area contributed by atoms with Crippen LogP contribution in [-0.4, -0.2) is 48.7 Å². The van der Waals surface area contributed by atoms with Crippen LogP contribution in [0.5, 0.6) is 0 Å². The van der Waals surface area contributed by atoms with E-state index in [4.69, 9.17) is 14.6 Å². The van der Waals surface area contributed by atoms with E-state index in [0.29, 0.717) is 19.8 Å². The number of aliphatic hydroxyl groups is 1. The van der Waals surface area contributed by atoms with E-state index in [0.717, 1.165) is 12.8 Å². The monoisotopic (exact) mass is 220 g/mol. The van der Waals surface area contributed by atoms with Crippen molar-refractivity contribution < 1.29 is 24.5 Å². The lowest BCUT2D eigenvalue weighted by atomic mass is 10.2. The summed E-state index contributed by atoms with van der Waals surface area (Å²) >= 11 is 0. The summed E-state index contributed by atoms with van der Waals surface area (Å²) in [6.07, 6.45) is 1.27. The van der Waals surface area contributed by atoms with Crippen LogP contribution < -0.4 is 0 Å². The molecule has 0 aromatic rings. The average molecular weight is 220 g/mol. The predicted octanol–water partition coefficient (Wildman–Crippen LogP) is 0.655. The quantitative estimate of drug-likeness (QED) is 0.529. The number of rotatable bonds is 10. The molecule has 5 heteroatoms. The Morgan fingerprint density at radius 3 is 2.53 bits per heavy atom. The average Bonchev–Trinajstić information content (AvgIpc) is 2.16. The van der Waals surface area contributed by atoms with Crippen molar-refractivity contribution in [1.29, 1.82) is 0 Å². The zero-order chi connectivity index (χ0) is 11.5. The van der Waals surface area contributed by atoms with Crippen molar-refractivity contribution in [2.24, 2.45) is 0 Å². The van der Waals surface area contributed by atoms with Gasteiger partial charge in [0.1, 0.15) is 0 Å². The molecule has 0 bridgehead atoms. The van der Waals surface area contributed by atoms with Gasteiger partial charge in [0.15, 0.2) is 0 Å². The van der Waals surface area contributed by atoms with E-state index in [-0.39, 0.29) is 13.0 Å². The SMILES string of the molecule is CCCC(O)COCCOCCC(=O)O. The van der Waals surface area contributed by atoms with Crippen LogP contribution in [-0.2, 0) is 14.3 Å². The molecule has 1 atom stereocenters. The van der Waals surface area contributed by atoms with Gasteiger partial charge in [0, 0.05) is 0 Å². The molecule has 2 N–H and O–H groups in total. The van der Waals surface area contributed by atoms with Crippen LogP contribution in [0.1, 0.15) is 26.2 Å². The first-order chi connectivity index (χ1) is 7.16. The van der Waals surface area contributed by atoms with Crippen molar-refractivity contribution in [2.45, 2.75) is 32.3 Å². The number of ether oxygens (including phenoxy) is 2. The minimum Gasteiger partial charge on any atom is -0.481 e. The Hall–Kier alpha value is -0.650. The topological polar surface area (TPSA) is 76.0 Å². The van der Waals surface area contributed by atoms with E-state index < -0.39 is 12.1 Å². The lowest BCUT2D eigenvalue weighted by Crippen LogP contribution is -2.17. The Labute approximate surface area is 90.0 Å². The first-order valence-corrected chi connectivity index (χ1v) is 5.22. The Bertz CT molecular complexity index is 160. The fourth-order valence-electron chi connectivity index (χ4n) is 1.02. The molecular formula is C10H20O5. The number of carboxylic acid groups (broad SMARTS) is 1. The molecule has 0 aliphatic rings. The van der Waals surface area contributed by atoms with Crippen molar-refractivity contribution in [2.75, 3.05) is 26.4 Å². The Morgan fingerprint density at radius 1 is 1.27 bits per heavy atom. The van der Waals surface area contributed by atoms with Gasteiger partial charge in [-0.05, 0) is 6.42 Å². The molecule has 15 heavy (non-hydrogen) atoms. The molecule has 5 nitrogen and oxygen atoms in total. The maximum atomic E-state index is 10.1. The summed E-state index contributed by atoms with van der Waals surface area (Å²) in [5, 5.41) is 17.6. The zero-order valence-electron chi connectivity index (χ0n) is 9.15. The van der Waals surface area contributed by atoms with E-state index in [2.05, 4.69) is 0 Å². The zero-order valence-corrected chi connectivity index (χ0v) is 9.15. The standard InChI is InChI=1S/C10H20O5/c1-2-3-9(11)8-15-7-6-14-5-4-10(12)13/h9,11H,2-8H2,1H3,(H,12,13). The molecule has 90 valence electrons. The minimum absolute atomic E-state index is 0.0124. The van der Waals surface area contributed by atoms with Gasteiger partial charge in [-0.2, -0.15) is 0 Å². The van der Waals surface area contributed by atoms with Crippen LogP contribution in [0, 0.1) is 0 Å². The molecule has 1 unspecified atom stereocenters. The molecule has 0 radical (unpaired) electrons. The van der Waals surface area contributed by atoms with Crippen molar-refractivity contribution in [3.8, 4) is 0 Å². The lowest BCUT2D eigenvalue weighted by Gasteiger charge is -2.09. The third-order valence-corrected chi connectivity index (χ3v) is 1.76. The van der Waals surface area contributed by atoms with E-state index >= 15 is 0 Å². The second-order valence-electron chi connectivity index (χ2n) is 3.27. The smallest absolute Gasteiger partial charge is 0.305 e. The molecule has 0 aromatic carbocycles. The molecule has 0 heterocycles. The van der Waals surface area contributed by atoms with E-state index in [1.165, 1.54) is 0 Å². The third kappa shape index (κ3) is 11.3. The summed E-state index contributed by atoms with van der Waals surface area (Å²) in [5.41, 5.74) is 0. The summed E-state index contributed by atoms with van der Waals surface area (Å²) in [7, 11) is 0. The highest BCUT2D eigenvalue weighted by Crippen LogP contribution is 1.96. The Morgan fingerprint density at radius 2 is 1.93 bits per heavy atom. The van der Waals surface area contributed by atoms with E-state index in [1.807, 2.05) is 6.92 Å². The molecule has 0 aliphatic heterocycles. The van der Waals surface area contributed by atoms with Crippen LogP contribution in [0.2, 0.25) is 0 Å². The van der Waals surface area contributed by atoms with Gasteiger partial charge in [0.2, 0.25) is 0 Å². The first-order valence-electron chi connectivity index (χ1n) is 5.22. The van der Waals surface area contributed by atoms with Crippen LogP contribution in [0.4, 0.5) is 0 Å². The number of hydrogen-bond donors (Lipinski definition) is 2. The van der Waals surface area contributed by atoms with Crippen LogP contribution >= 0.6 is 0 Å². The third-order valence-electron chi connectivity index (χ3n) is 1.76. The van der Waals surface area contributed by atoms with Gasteiger partial charge in [0.25, 0.3) is 0 Å². The van der Waals surface area contributed by atoms with Crippen LogP contribution in [0.25, 0.3) is 0 Å². The van der Waals surface area contributed by atoms with Gasteiger partial charge < -0.3 is 19.7 Å². The highest BCUT2D eigenvalue weighted by Gasteiger charge is 2.02. The first kappa shape index (κ1) is 14.3. The molecule has 0 amide bonds. The highest BCUT2D eigenvalue weighted by atomic mass is 16.5. The highest BCUT2D eigenvalue weighted by molar-refractivity contribution is 5.66. The van der Waals surface area contributed by atoms with Gasteiger partial charge in [-0.1, -0.05) is 13.3 Å². The van der Waals surface area contributed by atoms with Crippen LogP contribution in [0.3, 0.4) is 0 Å². The minimum atomic E-state index is -0.866. The maximum absolute atomic E-state index is 10.1. The molecular weight excluding hydrogens is 200 g/mol. The summed E-state index contributed by atoms with van der Waals surface area (Å²) in [6, 6.07) is 0. The largest absolute Gasteiger partial charge is 0.481 e. The molecule has 0 spiro atoms. The maximum Gasteiger partial charge on any atom is 0.305 e. The van der Waals surface area contributed by atoms with Crippen molar-refractivity contribution in [3.63, 3.8) is 0 Å². The van der Waals surface area contributed by atoms with Crippen LogP contribution in [0.15, 0.2) is 0 Å². The van der Waals surface area contributed by atoms with E-state index in [9.17, 15) is 9.90 Å². The molecule has 0 saturated carbocycles. The number of carboxylic acids is 1. The number of aliphatic hydroxyl groups excluding tert-OH is 1. The molecule has 0 saturated heterocycles. The van der Waals surface area contributed by atoms with Crippen molar-refractivity contribution in [3.05, 3.63) is 0 Å². The predicted molar refractivity (Wildman–Crippen MR) is 54.8 cm³/mol. The van der Waals surface area contributed by atoms with Gasteiger partial charge in [0.05, 0.1) is 39.0 Å². The summed E-state index contributed by atoms with van der Waals surface area (Å²) in [4.78, 5) is 10.1. The van der Waals surface area contributed by atoms with Gasteiger partial charge in [-0.15, -0.1) is 0 Å². The number of aliphatic carboxylic acids is 1. The molecule has 0 aromatic heterocycles. The lowest BCUT2D eigenvalue weighted by molar-refractivity contribution is -0.138. The van der Waals surface area contributed by atoms with E-state index in [1.54, 1.807) is 0 Å². The van der Waals surface area contributed by atoms with Gasteiger partial charge in [-0.25, -0.2) is 0 Å². The Balaban J connectivity index is 3.07. The summed E-state index contributed by atoms with van der Waals surface area (Å²) in [6.45, 7) is 3.27. The van der Waals surface area contributed by atoms with Crippen molar-refractivity contribution >= 4 is 5.97 Å². The normalized spacial score (nSPS) is 12.7. The second kappa shape index (κ2) is 9.89. The summed E-state index contributed by atoms with van der Waals surface area (Å²) in [5.74, 6) is -0.866. The fraction of sp³-hybridized carbons (Fsp3) is 0.900. The Kier molecular flexibility index (Phi) is 9.46. The van der Waals surface area contributed by atoms with Gasteiger partial charge >= 0.3 is 5.97 Å². The molecule has 0 aliphatic carbocycles. The second-order valence-corrected chi connectivity index (χ2v) is 3.27. The van der Waals surface area contributed by atoms with Gasteiger partial charge in [-0.3, -0.25) is 4.79 Å². The van der Waals surface area contributed by atoms with Crippen molar-refractivity contribution in [1.82, 2.24) is 0 Å². The number of carbonyl (C=O) groups is 1.